The molecule has 20 heavy (non-hydrogen) atoms. The molecule has 2 heterocycles. The number of rotatable bonds is 5. The van der Waals surface area contributed by atoms with Gasteiger partial charge in [-0.1, -0.05) is 0 Å². The SMILES string of the molecule is CNC(Cc1ccn(C(C)C)n1)C1CN(C)CCN1C. The molecule has 1 aromatic rings. The number of aromatic nitrogens is 2. The lowest BCUT2D eigenvalue weighted by Crippen LogP contribution is -2.58. The molecule has 1 aliphatic rings. The van der Waals surface area contributed by atoms with E-state index >= 15 is 0 Å². The van der Waals surface area contributed by atoms with Gasteiger partial charge in [-0.15, -0.1) is 0 Å². The predicted octanol–water partition coefficient (Wildman–Crippen LogP) is 0.840. The van der Waals surface area contributed by atoms with Gasteiger partial charge in [-0.05, 0) is 41.1 Å². The van der Waals surface area contributed by atoms with Crippen molar-refractivity contribution in [3.63, 3.8) is 0 Å². The van der Waals surface area contributed by atoms with Crippen LogP contribution < -0.4 is 5.32 Å². The van der Waals surface area contributed by atoms with Crippen LogP contribution in [-0.2, 0) is 6.42 Å². The monoisotopic (exact) mass is 279 g/mol. The van der Waals surface area contributed by atoms with Gasteiger partial charge in [-0.2, -0.15) is 5.10 Å². The Labute approximate surface area is 122 Å². The largest absolute Gasteiger partial charge is 0.315 e. The third-order valence-corrected chi connectivity index (χ3v) is 4.36. The fourth-order valence-corrected chi connectivity index (χ4v) is 2.91. The first-order valence-electron chi connectivity index (χ1n) is 7.61. The van der Waals surface area contributed by atoms with E-state index < -0.39 is 0 Å². The van der Waals surface area contributed by atoms with Crippen LogP contribution in [-0.4, -0.2) is 72.4 Å². The zero-order chi connectivity index (χ0) is 14.7. The molecule has 114 valence electrons. The summed E-state index contributed by atoms with van der Waals surface area (Å²) in [6.45, 7) is 7.74. The van der Waals surface area contributed by atoms with Gasteiger partial charge in [-0.25, -0.2) is 0 Å². The van der Waals surface area contributed by atoms with E-state index in [1.54, 1.807) is 0 Å². The van der Waals surface area contributed by atoms with Crippen LogP contribution in [0.3, 0.4) is 0 Å². The van der Waals surface area contributed by atoms with Crippen molar-refractivity contribution < 1.29 is 0 Å². The normalized spacial score (nSPS) is 23.4. The van der Waals surface area contributed by atoms with Gasteiger partial charge in [0.2, 0.25) is 0 Å². The summed E-state index contributed by atoms with van der Waals surface area (Å²) in [4.78, 5) is 4.89. The van der Waals surface area contributed by atoms with Crippen molar-refractivity contribution in [2.75, 3.05) is 40.8 Å². The van der Waals surface area contributed by atoms with Crippen LogP contribution in [0, 0.1) is 0 Å². The van der Waals surface area contributed by atoms with Gasteiger partial charge in [0.05, 0.1) is 5.69 Å². The highest BCUT2D eigenvalue weighted by Gasteiger charge is 2.29. The van der Waals surface area contributed by atoms with Gasteiger partial charge in [0, 0.05) is 50.4 Å². The minimum atomic E-state index is 0.431. The van der Waals surface area contributed by atoms with Crippen molar-refractivity contribution in [3.8, 4) is 0 Å². The van der Waals surface area contributed by atoms with E-state index in [1.807, 2.05) is 4.68 Å². The average Bonchev–Trinajstić information content (AvgIpc) is 2.88. The Balaban J connectivity index is 2.03. The second kappa shape index (κ2) is 6.70. The standard InChI is InChI=1S/C15H29N5/c1-12(2)20-7-6-13(17-20)10-14(16-3)15-11-18(4)8-9-19(15)5/h6-7,12,14-16H,8-11H2,1-5H3. The molecule has 0 radical (unpaired) electrons. The highest BCUT2D eigenvalue weighted by atomic mass is 15.3. The lowest BCUT2D eigenvalue weighted by Gasteiger charge is -2.41. The van der Waals surface area contributed by atoms with Crippen LogP contribution in [0.4, 0.5) is 0 Å². The molecule has 1 fully saturated rings. The van der Waals surface area contributed by atoms with E-state index in [-0.39, 0.29) is 0 Å². The van der Waals surface area contributed by atoms with Crippen molar-refractivity contribution in [2.24, 2.45) is 0 Å². The zero-order valence-electron chi connectivity index (χ0n) is 13.5. The third-order valence-electron chi connectivity index (χ3n) is 4.36. The first-order valence-corrected chi connectivity index (χ1v) is 7.61. The predicted molar refractivity (Wildman–Crippen MR) is 83.1 cm³/mol. The molecule has 0 amide bonds. The molecule has 1 N–H and O–H groups in total. The molecule has 0 saturated carbocycles. The summed E-state index contributed by atoms with van der Waals surface area (Å²) in [6.07, 6.45) is 3.07. The van der Waals surface area contributed by atoms with Crippen LogP contribution in [0.15, 0.2) is 12.3 Å². The highest BCUT2D eigenvalue weighted by molar-refractivity contribution is 5.04. The molecule has 5 nitrogen and oxygen atoms in total. The summed E-state index contributed by atoms with van der Waals surface area (Å²) in [7, 11) is 6.50. The molecule has 0 bridgehead atoms. The van der Waals surface area contributed by atoms with Crippen LogP contribution in [0.2, 0.25) is 0 Å². The average molecular weight is 279 g/mol. The van der Waals surface area contributed by atoms with Crippen molar-refractivity contribution in [2.45, 2.75) is 38.4 Å². The molecular weight excluding hydrogens is 250 g/mol. The molecule has 1 saturated heterocycles. The molecule has 1 aromatic heterocycles. The van der Waals surface area contributed by atoms with Gasteiger partial charge in [0.1, 0.15) is 0 Å². The van der Waals surface area contributed by atoms with Crippen molar-refractivity contribution in [3.05, 3.63) is 18.0 Å². The van der Waals surface area contributed by atoms with Gasteiger partial charge in [-0.3, -0.25) is 9.58 Å². The van der Waals surface area contributed by atoms with E-state index in [0.717, 1.165) is 26.1 Å². The first kappa shape index (κ1) is 15.5. The maximum Gasteiger partial charge on any atom is 0.0640 e. The maximum absolute atomic E-state index is 4.68. The summed E-state index contributed by atoms with van der Waals surface area (Å²) >= 11 is 0. The number of nitrogens with one attached hydrogen (secondary N) is 1. The molecule has 0 aliphatic carbocycles. The second-order valence-corrected chi connectivity index (χ2v) is 6.29. The van der Waals surface area contributed by atoms with Gasteiger partial charge in [0.15, 0.2) is 0 Å². The van der Waals surface area contributed by atoms with E-state index in [9.17, 15) is 0 Å². The minimum absolute atomic E-state index is 0.431. The van der Waals surface area contributed by atoms with Gasteiger partial charge >= 0.3 is 0 Å². The van der Waals surface area contributed by atoms with E-state index in [2.05, 4.69) is 67.5 Å². The lowest BCUT2D eigenvalue weighted by molar-refractivity contribution is 0.0894. The Hall–Kier alpha value is -0.910. The number of hydrogen-bond acceptors (Lipinski definition) is 4. The zero-order valence-corrected chi connectivity index (χ0v) is 13.5. The Morgan fingerprint density at radius 1 is 1.35 bits per heavy atom. The quantitative estimate of drug-likeness (QED) is 0.866. The lowest BCUT2D eigenvalue weighted by atomic mass is 9.99. The Morgan fingerprint density at radius 3 is 2.70 bits per heavy atom. The van der Waals surface area contributed by atoms with Crippen molar-refractivity contribution >= 4 is 0 Å². The fourth-order valence-electron chi connectivity index (χ4n) is 2.91. The van der Waals surface area contributed by atoms with E-state index in [0.29, 0.717) is 18.1 Å². The maximum atomic E-state index is 4.68. The van der Waals surface area contributed by atoms with Crippen LogP contribution in [0.25, 0.3) is 0 Å². The van der Waals surface area contributed by atoms with Gasteiger partial charge < -0.3 is 10.2 Å². The van der Waals surface area contributed by atoms with Crippen LogP contribution >= 0.6 is 0 Å². The third kappa shape index (κ3) is 3.59. The van der Waals surface area contributed by atoms with Crippen LogP contribution in [0.1, 0.15) is 25.6 Å². The summed E-state index contributed by atoms with van der Waals surface area (Å²) in [6, 6.07) is 3.57. The molecule has 0 aromatic carbocycles. The van der Waals surface area contributed by atoms with Crippen molar-refractivity contribution in [1.29, 1.82) is 0 Å². The minimum Gasteiger partial charge on any atom is -0.315 e. The molecule has 1 aliphatic heterocycles. The molecule has 2 rings (SSSR count). The molecule has 2 unspecified atom stereocenters. The summed E-state index contributed by atoms with van der Waals surface area (Å²) in [5.74, 6) is 0. The highest BCUT2D eigenvalue weighted by Crippen LogP contribution is 2.14. The Kier molecular flexibility index (Phi) is 5.18. The van der Waals surface area contributed by atoms with Gasteiger partial charge in [0.25, 0.3) is 0 Å². The molecule has 0 spiro atoms. The van der Waals surface area contributed by atoms with E-state index in [1.165, 1.54) is 5.69 Å². The Morgan fingerprint density at radius 2 is 2.10 bits per heavy atom. The number of nitrogens with zero attached hydrogens (tertiary/aromatic N) is 4. The number of likely N-dealkylation sites (N-methyl/N-ethyl adjacent to an activating group) is 3. The molecule has 5 heteroatoms. The Bertz CT molecular complexity index is 414. The molecule has 2 atom stereocenters. The fraction of sp³-hybridized carbons (Fsp3) is 0.800. The topological polar surface area (TPSA) is 36.3 Å². The summed E-state index contributed by atoms with van der Waals surface area (Å²) in [5, 5.41) is 8.17. The summed E-state index contributed by atoms with van der Waals surface area (Å²) < 4.78 is 2.04. The van der Waals surface area contributed by atoms with Crippen molar-refractivity contribution in [1.82, 2.24) is 24.9 Å². The first-order chi connectivity index (χ1) is 9.51. The molecular formula is C15H29N5. The smallest absolute Gasteiger partial charge is 0.0640 e. The van der Waals surface area contributed by atoms with Crippen LogP contribution in [0.5, 0.6) is 0 Å². The summed E-state index contributed by atoms with van der Waals surface area (Å²) in [5.41, 5.74) is 1.18. The van der Waals surface area contributed by atoms with E-state index in [4.69, 9.17) is 0 Å². The number of piperazine rings is 1. The second-order valence-electron chi connectivity index (χ2n) is 6.29. The number of hydrogen-bond donors (Lipinski definition) is 1.